The highest BCUT2D eigenvalue weighted by atomic mass is 16.5. The van der Waals surface area contributed by atoms with Crippen LogP contribution in [0.25, 0.3) is 11.1 Å². The average molecular weight is 403 g/mol. The largest absolute Gasteiger partial charge is 0.497 e. The van der Waals surface area contributed by atoms with Gasteiger partial charge >= 0.3 is 0 Å². The van der Waals surface area contributed by atoms with Crippen molar-refractivity contribution >= 4 is 11.9 Å². The number of amides is 1. The first-order valence-electron chi connectivity index (χ1n) is 10.1. The first-order chi connectivity index (χ1) is 14.6. The molecule has 7 heteroatoms. The number of hydrogen-bond acceptors (Lipinski definition) is 6. The Kier molecular flexibility index (Phi) is 5.88. The van der Waals surface area contributed by atoms with E-state index < -0.39 is 0 Å². The van der Waals surface area contributed by atoms with Gasteiger partial charge in [0.05, 0.1) is 19.2 Å². The molecule has 2 aromatic heterocycles. The predicted octanol–water partition coefficient (Wildman–Crippen LogP) is 3.08. The lowest BCUT2D eigenvalue weighted by molar-refractivity contribution is -0.131. The van der Waals surface area contributed by atoms with Crippen LogP contribution in [0.4, 0.5) is 5.95 Å². The van der Waals surface area contributed by atoms with Crippen LogP contribution in [0, 0.1) is 0 Å². The highest BCUT2D eigenvalue weighted by molar-refractivity contribution is 5.78. The molecule has 0 spiro atoms. The number of piperidine rings is 1. The van der Waals surface area contributed by atoms with E-state index in [9.17, 15) is 4.79 Å². The van der Waals surface area contributed by atoms with Crippen LogP contribution in [0.5, 0.6) is 5.75 Å². The number of benzene rings is 1. The lowest BCUT2D eigenvalue weighted by Gasteiger charge is -2.33. The molecule has 3 heterocycles. The van der Waals surface area contributed by atoms with Crippen LogP contribution < -0.4 is 10.5 Å². The van der Waals surface area contributed by atoms with Gasteiger partial charge < -0.3 is 15.4 Å². The Morgan fingerprint density at radius 3 is 2.77 bits per heavy atom. The van der Waals surface area contributed by atoms with Crippen molar-refractivity contribution in [2.24, 2.45) is 0 Å². The van der Waals surface area contributed by atoms with Crippen molar-refractivity contribution in [2.75, 3.05) is 25.9 Å². The molecule has 7 nitrogen and oxygen atoms in total. The summed E-state index contributed by atoms with van der Waals surface area (Å²) in [6, 6.07) is 13.4. The Balaban J connectivity index is 1.57. The van der Waals surface area contributed by atoms with Gasteiger partial charge in [0.25, 0.3) is 0 Å². The van der Waals surface area contributed by atoms with Gasteiger partial charge in [-0.1, -0.05) is 18.2 Å². The van der Waals surface area contributed by atoms with Gasteiger partial charge in [0, 0.05) is 42.7 Å². The molecule has 4 rings (SSSR count). The van der Waals surface area contributed by atoms with Crippen LogP contribution in [0.2, 0.25) is 0 Å². The Morgan fingerprint density at radius 2 is 2.03 bits per heavy atom. The number of anilines is 1. The smallest absolute Gasteiger partial charge is 0.228 e. The molecule has 1 saturated heterocycles. The molecule has 1 fully saturated rings. The van der Waals surface area contributed by atoms with Crippen molar-refractivity contribution in [2.45, 2.75) is 25.2 Å². The van der Waals surface area contributed by atoms with Gasteiger partial charge in [-0.3, -0.25) is 9.78 Å². The minimum absolute atomic E-state index is 0.0893. The quantitative estimate of drug-likeness (QED) is 0.704. The Bertz CT molecular complexity index is 1010. The average Bonchev–Trinajstić information content (AvgIpc) is 2.80. The summed E-state index contributed by atoms with van der Waals surface area (Å²) in [5.41, 5.74) is 9.55. The fourth-order valence-electron chi connectivity index (χ4n) is 3.91. The topological polar surface area (TPSA) is 94.2 Å². The molecule has 0 bridgehead atoms. The van der Waals surface area contributed by atoms with E-state index in [1.807, 2.05) is 47.4 Å². The summed E-state index contributed by atoms with van der Waals surface area (Å²) in [6.07, 6.45) is 5.67. The van der Waals surface area contributed by atoms with Crippen molar-refractivity contribution in [3.05, 3.63) is 66.2 Å². The van der Waals surface area contributed by atoms with Gasteiger partial charge in [-0.2, -0.15) is 0 Å². The number of likely N-dealkylation sites (tertiary alicyclic amines) is 1. The number of rotatable bonds is 5. The third-order valence-corrected chi connectivity index (χ3v) is 5.46. The maximum Gasteiger partial charge on any atom is 0.228 e. The van der Waals surface area contributed by atoms with E-state index in [2.05, 4.69) is 15.0 Å². The van der Waals surface area contributed by atoms with Gasteiger partial charge in [-0.25, -0.2) is 9.97 Å². The van der Waals surface area contributed by atoms with Gasteiger partial charge in [0.1, 0.15) is 5.75 Å². The molecule has 2 N–H and O–H groups in total. The van der Waals surface area contributed by atoms with Crippen LogP contribution in [0.1, 0.15) is 30.1 Å². The summed E-state index contributed by atoms with van der Waals surface area (Å²) >= 11 is 0. The Hall–Kier alpha value is -3.48. The van der Waals surface area contributed by atoms with Crippen molar-refractivity contribution < 1.29 is 9.53 Å². The normalized spacial score (nSPS) is 16.3. The summed E-state index contributed by atoms with van der Waals surface area (Å²) in [5.74, 6) is 1.24. The monoisotopic (exact) mass is 403 g/mol. The van der Waals surface area contributed by atoms with Crippen molar-refractivity contribution in [1.29, 1.82) is 0 Å². The molecule has 0 saturated carbocycles. The molecule has 0 unspecified atom stereocenters. The van der Waals surface area contributed by atoms with Crippen molar-refractivity contribution in [3.8, 4) is 16.9 Å². The number of nitrogens with zero attached hydrogens (tertiary/aromatic N) is 4. The third-order valence-electron chi connectivity index (χ3n) is 5.46. The van der Waals surface area contributed by atoms with Gasteiger partial charge in [0.2, 0.25) is 11.9 Å². The molecule has 30 heavy (non-hydrogen) atoms. The zero-order valence-corrected chi connectivity index (χ0v) is 17.0. The molecule has 1 aromatic carbocycles. The minimum Gasteiger partial charge on any atom is -0.497 e. The molecule has 1 atom stereocenters. The van der Waals surface area contributed by atoms with E-state index in [4.69, 9.17) is 10.5 Å². The Labute approximate surface area is 175 Å². The number of aromatic nitrogens is 3. The van der Waals surface area contributed by atoms with Crippen LogP contribution in [0.3, 0.4) is 0 Å². The highest BCUT2D eigenvalue weighted by Crippen LogP contribution is 2.34. The highest BCUT2D eigenvalue weighted by Gasteiger charge is 2.28. The summed E-state index contributed by atoms with van der Waals surface area (Å²) in [4.78, 5) is 27.8. The van der Waals surface area contributed by atoms with E-state index in [1.54, 1.807) is 19.5 Å². The van der Waals surface area contributed by atoms with Crippen molar-refractivity contribution in [3.63, 3.8) is 0 Å². The molecule has 1 amide bonds. The molecule has 154 valence electrons. The Morgan fingerprint density at radius 1 is 1.20 bits per heavy atom. The van der Waals surface area contributed by atoms with Gasteiger partial charge in [-0.05, 0) is 42.7 Å². The summed E-state index contributed by atoms with van der Waals surface area (Å²) in [7, 11) is 1.64. The number of nitrogens with two attached hydrogens (primary N) is 1. The van der Waals surface area contributed by atoms with Gasteiger partial charge in [-0.15, -0.1) is 0 Å². The SMILES string of the molecule is COc1ccc(-c2cnc(N)nc2[C@@H]2CCCN(C(=O)Cc3ccccn3)C2)cc1. The molecule has 1 aliphatic heterocycles. The van der Waals surface area contributed by atoms with E-state index in [0.717, 1.165) is 47.7 Å². The van der Waals surface area contributed by atoms with E-state index in [1.165, 1.54) is 0 Å². The van der Waals surface area contributed by atoms with Crippen LogP contribution in [-0.4, -0.2) is 46.0 Å². The molecule has 3 aromatic rings. The van der Waals surface area contributed by atoms with Crippen LogP contribution >= 0.6 is 0 Å². The van der Waals surface area contributed by atoms with E-state index in [-0.39, 0.29) is 17.8 Å². The minimum atomic E-state index is 0.0893. The molecular weight excluding hydrogens is 378 g/mol. The van der Waals surface area contributed by atoms with Crippen molar-refractivity contribution in [1.82, 2.24) is 19.9 Å². The molecular formula is C23H25N5O2. The summed E-state index contributed by atoms with van der Waals surface area (Å²) in [6.45, 7) is 1.37. The fourth-order valence-corrected chi connectivity index (χ4v) is 3.91. The van der Waals surface area contributed by atoms with Crippen LogP contribution in [0.15, 0.2) is 54.9 Å². The zero-order chi connectivity index (χ0) is 20.9. The van der Waals surface area contributed by atoms with Gasteiger partial charge in [0.15, 0.2) is 0 Å². The number of pyridine rings is 1. The van der Waals surface area contributed by atoms with E-state index >= 15 is 0 Å². The lowest BCUT2D eigenvalue weighted by Crippen LogP contribution is -2.40. The first kappa shape index (κ1) is 19.8. The molecule has 0 radical (unpaired) electrons. The number of carbonyl (C=O) groups excluding carboxylic acids is 1. The molecule has 0 aliphatic carbocycles. The second kappa shape index (κ2) is 8.90. The predicted molar refractivity (Wildman–Crippen MR) is 115 cm³/mol. The number of methoxy groups -OCH3 is 1. The lowest BCUT2D eigenvalue weighted by atomic mass is 9.89. The number of ether oxygens (including phenoxy) is 1. The number of nitrogen functional groups attached to an aromatic ring is 1. The number of hydrogen-bond donors (Lipinski definition) is 1. The first-order valence-corrected chi connectivity index (χ1v) is 10.1. The fraction of sp³-hybridized carbons (Fsp3) is 0.304. The van der Waals surface area contributed by atoms with Crippen LogP contribution in [-0.2, 0) is 11.2 Å². The third kappa shape index (κ3) is 4.40. The number of carbonyl (C=O) groups is 1. The zero-order valence-electron chi connectivity index (χ0n) is 17.0. The summed E-state index contributed by atoms with van der Waals surface area (Å²) in [5, 5.41) is 0. The standard InChI is InChI=1S/C23H25N5O2/c1-30-19-9-7-16(8-10-19)20-14-26-23(24)27-22(20)17-5-4-12-28(15-17)21(29)13-18-6-2-3-11-25-18/h2-3,6-11,14,17H,4-5,12-13,15H2,1H3,(H2,24,26,27)/t17-/m1/s1. The maximum atomic E-state index is 12.9. The second-order valence-corrected chi connectivity index (χ2v) is 7.43. The second-order valence-electron chi connectivity index (χ2n) is 7.43. The molecule has 1 aliphatic rings. The summed E-state index contributed by atoms with van der Waals surface area (Å²) < 4.78 is 5.26. The maximum absolute atomic E-state index is 12.9. The van der Waals surface area contributed by atoms with E-state index in [0.29, 0.717) is 13.0 Å².